The Labute approximate surface area is 69.1 Å². The topological polar surface area (TPSA) is 43.4 Å². The molecule has 8 heteroatoms. The molecular formula is C2H2F3IO3S. The molecule has 10 heavy (non-hydrogen) atoms. The van der Waals surface area contributed by atoms with Crippen molar-refractivity contribution in [3.63, 3.8) is 0 Å². The Morgan fingerprint density at radius 3 is 2.00 bits per heavy atom. The van der Waals surface area contributed by atoms with Gasteiger partial charge in [0, 0.05) is 0 Å². The van der Waals surface area contributed by atoms with Crippen molar-refractivity contribution >= 4 is 33.1 Å². The van der Waals surface area contributed by atoms with Gasteiger partial charge in [-0.3, -0.25) is 0 Å². The Morgan fingerprint density at radius 2 is 1.90 bits per heavy atom. The Kier molecular flexibility index (Phi) is 3.36. The summed E-state index contributed by atoms with van der Waals surface area (Å²) in [5, 5.41) is 0. The summed E-state index contributed by atoms with van der Waals surface area (Å²) in [5.41, 5.74) is 0. The molecule has 0 bridgehead atoms. The van der Waals surface area contributed by atoms with Crippen molar-refractivity contribution < 1.29 is 25.3 Å². The summed E-state index contributed by atoms with van der Waals surface area (Å²) in [6.07, 6.45) is -3.95. The summed E-state index contributed by atoms with van der Waals surface area (Å²) in [6, 6.07) is 0. The van der Waals surface area contributed by atoms with Crippen molar-refractivity contribution in [3.05, 3.63) is 0 Å². The zero-order valence-corrected chi connectivity index (χ0v) is 7.33. The lowest BCUT2D eigenvalue weighted by Gasteiger charge is -2.08. The van der Waals surface area contributed by atoms with Crippen molar-refractivity contribution in [1.82, 2.24) is 0 Å². The van der Waals surface area contributed by atoms with Crippen LogP contribution in [0.3, 0.4) is 0 Å². The Hall–Kier alpha value is 0.430. The van der Waals surface area contributed by atoms with E-state index in [1.54, 1.807) is 0 Å². The molecule has 0 rings (SSSR count). The minimum absolute atomic E-state index is 0.923. The fourth-order valence-electron chi connectivity index (χ4n) is 0.168. The predicted molar refractivity (Wildman–Crippen MR) is 34.9 cm³/mol. The van der Waals surface area contributed by atoms with Gasteiger partial charge >= 0.3 is 16.6 Å². The lowest BCUT2D eigenvalue weighted by molar-refractivity contribution is -0.150. The number of hydrogen-bond acceptors (Lipinski definition) is 3. The molecule has 0 saturated carbocycles. The van der Waals surface area contributed by atoms with Crippen LogP contribution in [0.2, 0.25) is 0 Å². The van der Waals surface area contributed by atoms with E-state index in [1.807, 2.05) is 0 Å². The van der Waals surface area contributed by atoms with Crippen LogP contribution in [0.15, 0.2) is 0 Å². The molecule has 62 valence electrons. The molecule has 0 aromatic rings. The van der Waals surface area contributed by atoms with Crippen LogP contribution < -0.4 is 0 Å². The van der Waals surface area contributed by atoms with Gasteiger partial charge in [0.2, 0.25) is 0 Å². The van der Waals surface area contributed by atoms with E-state index in [9.17, 15) is 21.1 Å². The SMILES string of the molecule is O=S(=O)(F)OC(F)(F)CI. The average Bonchev–Trinajstić information content (AvgIpc) is 1.60. The average molecular weight is 290 g/mol. The van der Waals surface area contributed by atoms with Gasteiger partial charge in [-0.1, -0.05) is 26.5 Å². The highest BCUT2D eigenvalue weighted by Crippen LogP contribution is 2.21. The molecule has 0 N–H and O–H groups in total. The largest absolute Gasteiger partial charge is 0.442 e. The summed E-state index contributed by atoms with van der Waals surface area (Å²) in [4.78, 5) is 0. The van der Waals surface area contributed by atoms with Gasteiger partial charge in [-0.2, -0.15) is 21.4 Å². The van der Waals surface area contributed by atoms with E-state index in [0.717, 1.165) is 22.6 Å². The molecule has 0 heterocycles. The number of hydrogen-bond donors (Lipinski definition) is 0. The van der Waals surface area contributed by atoms with Crippen molar-refractivity contribution in [1.29, 1.82) is 0 Å². The van der Waals surface area contributed by atoms with Crippen molar-refractivity contribution in [2.75, 3.05) is 4.43 Å². The fourth-order valence-corrected chi connectivity index (χ4v) is 0.885. The molecule has 0 aromatic heterocycles. The van der Waals surface area contributed by atoms with Gasteiger partial charge in [-0.15, -0.1) is 0 Å². The van der Waals surface area contributed by atoms with Crippen LogP contribution in [0, 0.1) is 0 Å². The van der Waals surface area contributed by atoms with E-state index in [-0.39, 0.29) is 0 Å². The summed E-state index contributed by atoms with van der Waals surface area (Å²) >= 11 is 1.16. The van der Waals surface area contributed by atoms with E-state index in [4.69, 9.17) is 0 Å². The van der Waals surface area contributed by atoms with Crippen LogP contribution in [0.5, 0.6) is 0 Å². The molecule has 0 radical (unpaired) electrons. The van der Waals surface area contributed by atoms with Crippen LogP contribution in [0.1, 0.15) is 0 Å². The van der Waals surface area contributed by atoms with E-state index in [0.29, 0.717) is 0 Å². The first-order chi connectivity index (χ1) is 4.27. The number of halogens is 4. The van der Waals surface area contributed by atoms with Crippen LogP contribution in [0.4, 0.5) is 12.7 Å². The van der Waals surface area contributed by atoms with Gasteiger partial charge in [0.25, 0.3) is 0 Å². The van der Waals surface area contributed by atoms with Crippen LogP contribution in [0.25, 0.3) is 0 Å². The fraction of sp³-hybridized carbons (Fsp3) is 1.00. The van der Waals surface area contributed by atoms with E-state index < -0.39 is 21.0 Å². The van der Waals surface area contributed by atoms with E-state index >= 15 is 0 Å². The zero-order chi connectivity index (χ0) is 8.41. The van der Waals surface area contributed by atoms with Gasteiger partial charge in [-0.25, -0.2) is 0 Å². The summed E-state index contributed by atoms with van der Waals surface area (Å²) < 4.78 is 55.6. The van der Waals surface area contributed by atoms with Gasteiger partial charge in [0.05, 0.1) is 4.43 Å². The van der Waals surface area contributed by atoms with Gasteiger partial charge in [0.1, 0.15) is 0 Å². The van der Waals surface area contributed by atoms with Crippen molar-refractivity contribution in [2.24, 2.45) is 0 Å². The minimum Gasteiger partial charge on any atom is -0.174 e. The quantitative estimate of drug-likeness (QED) is 0.446. The Bertz CT molecular complexity index is 200. The molecule has 0 aliphatic heterocycles. The monoisotopic (exact) mass is 290 g/mol. The second-order valence-corrected chi connectivity index (χ2v) is 2.96. The molecule has 0 spiro atoms. The third kappa shape index (κ3) is 5.23. The molecule has 0 atom stereocenters. The lowest BCUT2D eigenvalue weighted by Crippen LogP contribution is -2.24. The third-order valence-corrected chi connectivity index (χ3v) is 1.71. The number of alkyl halides is 3. The maximum Gasteiger partial charge on any atom is 0.442 e. The van der Waals surface area contributed by atoms with Crippen LogP contribution >= 0.6 is 22.6 Å². The predicted octanol–water partition coefficient (Wildman–Crippen LogP) is 1.25. The van der Waals surface area contributed by atoms with Gasteiger partial charge in [-0.05, 0) is 0 Å². The minimum atomic E-state index is -5.55. The van der Waals surface area contributed by atoms with E-state index in [1.165, 1.54) is 0 Å². The molecule has 0 unspecified atom stereocenters. The first-order valence-corrected chi connectivity index (χ1v) is 4.69. The standard InChI is InChI=1S/C2H2F3IO3S/c3-2(4,1-6)9-10(5,7)8/h1H2. The molecule has 0 aliphatic rings. The maximum atomic E-state index is 11.8. The lowest BCUT2D eigenvalue weighted by atomic mass is 10.8. The molecule has 0 amide bonds. The highest BCUT2D eigenvalue weighted by atomic mass is 127. The molecule has 3 nitrogen and oxygen atoms in total. The third-order valence-electron chi connectivity index (χ3n) is 0.377. The number of rotatable bonds is 3. The normalized spacial score (nSPS) is 13.6. The highest BCUT2D eigenvalue weighted by molar-refractivity contribution is 14.1. The first kappa shape index (κ1) is 10.4. The van der Waals surface area contributed by atoms with Gasteiger partial charge < -0.3 is 0 Å². The maximum absolute atomic E-state index is 11.8. The summed E-state index contributed by atoms with van der Waals surface area (Å²) in [6.45, 7) is 0. The highest BCUT2D eigenvalue weighted by Gasteiger charge is 2.35. The Balaban J connectivity index is 4.16. The summed E-state index contributed by atoms with van der Waals surface area (Å²) in [7, 11) is -5.55. The zero-order valence-electron chi connectivity index (χ0n) is 4.35. The summed E-state index contributed by atoms with van der Waals surface area (Å²) in [5.74, 6) is 0. The van der Waals surface area contributed by atoms with Crippen LogP contribution in [-0.4, -0.2) is 19.0 Å². The molecule has 0 saturated heterocycles. The van der Waals surface area contributed by atoms with Gasteiger partial charge in [0.15, 0.2) is 0 Å². The second-order valence-electron chi connectivity index (χ2n) is 1.25. The first-order valence-electron chi connectivity index (χ1n) is 1.86. The van der Waals surface area contributed by atoms with Crippen LogP contribution in [-0.2, 0) is 14.7 Å². The van der Waals surface area contributed by atoms with Crippen molar-refractivity contribution in [2.45, 2.75) is 6.11 Å². The molecule has 0 aromatic carbocycles. The molecular weight excluding hydrogens is 288 g/mol. The second kappa shape index (κ2) is 3.22. The molecule has 0 aliphatic carbocycles. The molecule has 0 fully saturated rings. The van der Waals surface area contributed by atoms with Crippen molar-refractivity contribution in [3.8, 4) is 0 Å². The van der Waals surface area contributed by atoms with E-state index in [2.05, 4.69) is 4.18 Å². The smallest absolute Gasteiger partial charge is 0.174 e. The Morgan fingerprint density at radius 1 is 1.50 bits per heavy atom.